The van der Waals surface area contributed by atoms with Gasteiger partial charge in [-0.3, -0.25) is 4.79 Å². The van der Waals surface area contributed by atoms with Crippen molar-refractivity contribution in [3.63, 3.8) is 0 Å². The number of rotatable bonds is 3. The van der Waals surface area contributed by atoms with Gasteiger partial charge >= 0.3 is 0 Å². The summed E-state index contributed by atoms with van der Waals surface area (Å²) in [5.41, 5.74) is 4.03. The molecule has 3 nitrogen and oxygen atoms in total. The van der Waals surface area contributed by atoms with Crippen LogP contribution in [0.1, 0.15) is 30.7 Å². The average molecular weight is 335 g/mol. The number of aromatic amines is 1. The second-order valence-electron chi connectivity index (χ2n) is 5.52. The van der Waals surface area contributed by atoms with Crippen LogP contribution in [-0.4, -0.2) is 9.97 Å². The first-order chi connectivity index (χ1) is 9.40. The first kappa shape index (κ1) is 15.0. The zero-order valence-electron chi connectivity index (χ0n) is 12.2. The van der Waals surface area contributed by atoms with E-state index in [4.69, 9.17) is 0 Å². The number of aromatic nitrogens is 2. The van der Waals surface area contributed by atoms with Crippen molar-refractivity contribution in [2.75, 3.05) is 0 Å². The van der Waals surface area contributed by atoms with E-state index in [9.17, 15) is 4.79 Å². The Labute approximate surface area is 127 Å². The van der Waals surface area contributed by atoms with Crippen LogP contribution in [0.3, 0.4) is 0 Å². The molecule has 106 valence electrons. The van der Waals surface area contributed by atoms with Gasteiger partial charge in [0.25, 0.3) is 5.56 Å². The lowest BCUT2D eigenvalue weighted by molar-refractivity contribution is 0.631. The first-order valence-electron chi connectivity index (χ1n) is 6.75. The van der Waals surface area contributed by atoms with Crippen LogP contribution >= 0.6 is 15.9 Å². The molecule has 1 N–H and O–H groups in total. The molecule has 0 atom stereocenters. The van der Waals surface area contributed by atoms with Crippen LogP contribution in [0.25, 0.3) is 11.4 Å². The van der Waals surface area contributed by atoms with Gasteiger partial charge in [0, 0.05) is 5.56 Å². The summed E-state index contributed by atoms with van der Waals surface area (Å²) in [6, 6.07) is 6.04. The summed E-state index contributed by atoms with van der Waals surface area (Å²) in [6.07, 6.45) is 0.780. The maximum Gasteiger partial charge on any atom is 0.265 e. The molecule has 1 aromatic carbocycles. The molecule has 0 amide bonds. The Morgan fingerprint density at radius 3 is 2.65 bits per heavy atom. The molecule has 1 heterocycles. The van der Waals surface area contributed by atoms with Gasteiger partial charge in [0.05, 0.1) is 5.69 Å². The molecule has 20 heavy (non-hydrogen) atoms. The van der Waals surface area contributed by atoms with E-state index in [1.807, 2.05) is 12.1 Å². The van der Waals surface area contributed by atoms with Gasteiger partial charge in [-0.05, 0) is 53.2 Å². The fourth-order valence-corrected chi connectivity index (χ4v) is 2.51. The maximum atomic E-state index is 12.1. The normalized spacial score (nSPS) is 11.1. The third kappa shape index (κ3) is 3.01. The molecule has 4 heteroatoms. The first-order valence-corrected chi connectivity index (χ1v) is 7.54. The molecule has 0 aliphatic carbocycles. The van der Waals surface area contributed by atoms with Crippen LogP contribution < -0.4 is 5.56 Å². The molecule has 0 aliphatic rings. The van der Waals surface area contributed by atoms with Crippen molar-refractivity contribution in [3.8, 4) is 11.4 Å². The molecule has 0 bridgehead atoms. The lowest BCUT2D eigenvalue weighted by Gasteiger charge is -2.11. The number of hydrogen-bond acceptors (Lipinski definition) is 2. The summed E-state index contributed by atoms with van der Waals surface area (Å²) < 4.78 is 0.542. The molecule has 0 saturated heterocycles. The van der Waals surface area contributed by atoms with Gasteiger partial charge in [0.1, 0.15) is 10.3 Å². The average Bonchev–Trinajstić information content (AvgIpc) is 2.37. The molecule has 0 unspecified atom stereocenters. The maximum absolute atomic E-state index is 12.1. The van der Waals surface area contributed by atoms with E-state index in [1.54, 1.807) is 0 Å². The highest BCUT2D eigenvalue weighted by atomic mass is 79.9. The second-order valence-corrected chi connectivity index (χ2v) is 6.31. The molecule has 2 rings (SSSR count). The van der Waals surface area contributed by atoms with Gasteiger partial charge in [-0.1, -0.05) is 32.0 Å². The Balaban J connectivity index is 2.61. The lowest BCUT2D eigenvalue weighted by Crippen LogP contribution is -2.15. The molecule has 0 spiro atoms. The van der Waals surface area contributed by atoms with Gasteiger partial charge in [-0.15, -0.1) is 0 Å². The SMILES string of the molecule is Cc1cccc(-c2nc(CC(C)C)c(Br)c(=O)[nH]2)c1C. The summed E-state index contributed by atoms with van der Waals surface area (Å²) in [6.45, 7) is 8.35. The number of halogens is 1. The second kappa shape index (κ2) is 5.92. The predicted molar refractivity (Wildman–Crippen MR) is 86.0 cm³/mol. The Morgan fingerprint density at radius 1 is 1.30 bits per heavy atom. The predicted octanol–water partition coefficient (Wildman–Crippen LogP) is 4.01. The largest absolute Gasteiger partial charge is 0.306 e. The topological polar surface area (TPSA) is 45.8 Å². The zero-order valence-corrected chi connectivity index (χ0v) is 13.8. The molecule has 1 aromatic heterocycles. The van der Waals surface area contributed by atoms with Crippen molar-refractivity contribution in [3.05, 3.63) is 49.8 Å². The molecule has 0 aliphatic heterocycles. The van der Waals surface area contributed by atoms with Crippen LogP contribution in [-0.2, 0) is 6.42 Å². The third-order valence-electron chi connectivity index (χ3n) is 3.39. The van der Waals surface area contributed by atoms with Crippen molar-refractivity contribution in [2.24, 2.45) is 5.92 Å². The van der Waals surface area contributed by atoms with Crippen molar-refractivity contribution >= 4 is 15.9 Å². The minimum absolute atomic E-state index is 0.119. The van der Waals surface area contributed by atoms with Gasteiger partial charge < -0.3 is 4.98 Å². The zero-order chi connectivity index (χ0) is 14.9. The minimum atomic E-state index is -0.119. The smallest absolute Gasteiger partial charge is 0.265 e. The van der Waals surface area contributed by atoms with E-state index in [0.717, 1.165) is 23.2 Å². The van der Waals surface area contributed by atoms with Crippen LogP contribution in [0.4, 0.5) is 0 Å². The molecule has 0 saturated carbocycles. The van der Waals surface area contributed by atoms with Crippen LogP contribution in [0.5, 0.6) is 0 Å². The third-order valence-corrected chi connectivity index (χ3v) is 4.21. The molecular formula is C16H19BrN2O. The lowest BCUT2D eigenvalue weighted by atomic mass is 10.0. The van der Waals surface area contributed by atoms with E-state index < -0.39 is 0 Å². The Morgan fingerprint density at radius 2 is 2.00 bits per heavy atom. The van der Waals surface area contributed by atoms with E-state index in [-0.39, 0.29) is 5.56 Å². The molecular weight excluding hydrogens is 316 g/mol. The van der Waals surface area contributed by atoms with Gasteiger partial charge in [0.2, 0.25) is 0 Å². The molecule has 0 fully saturated rings. The van der Waals surface area contributed by atoms with Crippen LogP contribution in [0.2, 0.25) is 0 Å². The number of benzene rings is 1. The van der Waals surface area contributed by atoms with E-state index in [1.165, 1.54) is 5.56 Å². The Bertz CT molecular complexity index is 689. The van der Waals surface area contributed by atoms with Crippen molar-refractivity contribution < 1.29 is 0 Å². The monoisotopic (exact) mass is 334 g/mol. The van der Waals surface area contributed by atoms with E-state index in [2.05, 4.69) is 59.7 Å². The highest BCUT2D eigenvalue weighted by Gasteiger charge is 2.13. The van der Waals surface area contributed by atoms with Crippen molar-refractivity contribution in [1.82, 2.24) is 9.97 Å². The minimum Gasteiger partial charge on any atom is -0.306 e. The van der Waals surface area contributed by atoms with E-state index in [0.29, 0.717) is 16.2 Å². The highest BCUT2D eigenvalue weighted by Crippen LogP contribution is 2.23. The van der Waals surface area contributed by atoms with E-state index >= 15 is 0 Å². The summed E-state index contributed by atoms with van der Waals surface area (Å²) in [5, 5.41) is 0. The van der Waals surface area contributed by atoms with Gasteiger partial charge in [-0.2, -0.15) is 0 Å². The van der Waals surface area contributed by atoms with Crippen molar-refractivity contribution in [2.45, 2.75) is 34.1 Å². The fourth-order valence-electron chi connectivity index (χ4n) is 2.16. The van der Waals surface area contributed by atoms with Gasteiger partial charge in [-0.25, -0.2) is 4.98 Å². The number of nitrogens with one attached hydrogen (secondary N) is 1. The van der Waals surface area contributed by atoms with Crippen LogP contribution in [0.15, 0.2) is 27.5 Å². The number of aryl methyl sites for hydroxylation is 1. The van der Waals surface area contributed by atoms with Gasteiger partial charge in [0.15, 0.2) is 0 Å². The standard InChI is InChI=1S/C16H19BrN2O/c1-9(2)8-13-14(17)16(20)19-15(18-13)12-7-5-6-10(3)11(12)4/h5-7,9H,8H2,1-4H3,(H,18,19,20). The summed E-state index contributed by atoms with van der Waals surface area (Å²) in [7, 11) is 0. The molecule has 0 radical (unpaired) electrons. The summed E-state index contributed by atoms with van der Waals surface area (Å²) in [4.78, 5) is 19.6. The quantitative estimate of drug-likeness (QED) is 0.921. The fraction of sp³-hybridized carbons (Fsp3) is 0.375. The Kier molecular flexibility index (Phi) is 4.43. The number of hydrogen-bond donors (Lipinski definition) is 1. The molecule has 2 aromatic rings. The highest BCUT2D eigenvalue weighted by molar-refractivity contribution is 9.10. The Hall–Kier alpha value is -1.42. The number of nitrogens with zero attached hydrogens (tertiary/aromatic N) is 1. The summed E-state index contributed by atoms with van der Waals surface area (Å²) >= 11 is 3.34. The van der Waals surface area contributed by atoms with Crippen LogP contribution in [0, 0.1) is 19.8 Å². The number of H-pyrrole nitrogens is 1. The summed E-state index contributed by atoms with van der Waals surface area (Å²) in [5.74, 6) is 1.10. The van der Waals surface area contributed by atoms with Crippen molar-refractivity contribution in [1.29, 1.82) is 0 Å².